The van der Waals surface area contributed by atoms with E-state index >= 15 is 0 Å². The van der Waals surface area contributed by atoms with Crippen LogP contribution < -0.4 is 10.6 Å². The number of amides is 1. The van der Waals surface area contributed by atoms with E-state index in [-0.39, 0.29) is 11.9 Å². The largest absolute Gasteiger partial charge is 0.390 e. The summed E-state index contributed by atoms with van der Waals surface area (Å²) < 4.78 is 2.18. The first-order chi connectivity index (χ1) is 11.6. The third-order valence-corrected chi connectivity index (χ3v) is 4.87. The monoisotopic (exact) mass is 323 g/mol. The lowest BCUT2D eigenvalue weighted by molar-refractivity contribution is -0.121. The molecule has 5 nitrogen and oxygen atoms in total. The van der Waals surface area contributed by atoms with Gasteiger partial charge in [0.1, 0.15) is 0 Å². The van der Waals surface area contributed by atoms with Gasteiger partial charge in [-0.2, -0.15) is 0 Å². The van der Waals surface area contributed by atoms with Crippen LogP contribution in [0.3, 0.4) is 0 Å². The molecule has 1 aromatic heterocycles. The number of hydrogen-bond acceptors (Lipinski definition) is 3. The quantitative estimate of drug-likeness (QED) is 0.681. The Morgan fingerprint density at radius 2 is 2.00 bits per heavy atom. The molecule has 3 aromatic rings. The minimum absolute atomic E-state index is 0.0534. The number of β-amino-alcohol motifs (C(OH)–C–C–N with tert-alkyl or cyclic N) is 1. The number of aliphatic hydroxyl groups excluding tert-OH is 1. The fourth-order valence-corrected chi connectivity index (χ4v) is 3.58. The van der Waals surface area contributed by atoms with Crippen molar-refractivity contribution in [1.82, 2.24) is 15.2 Å². The first kappa shape index (κ1) is 15.2. The van der Waals surface area contributed by atoms with Crippen molar-refractivity contribution in [2.45, 2.75) is 18.6 Å². The fraction of sp³-hybridized carbons (Fsp3) is 0.316. The highest BCUT2D eigenvalue weighted by Gasteiger charge is 2.26. The molecule has 124 valence electrons. The summed E-state index contributed by atoms with van der Waals surface area (Å²) in [5, 5.41) is 18.1. The molecule has 4 rings (SSSR count). The number of fused-ring (bicyclic) bond motifs is 3. The number of nitrogens with zero attached hydrogens (tertiary/aromatic N) is 1. The van der Waals surface area contributed by atoms with Gasteiger partial charge in [0, 0.05) is 41.9 Å². The number of aryl methyl sites for hydroxylation is 1. The summed E-state index contributed by atoms with van der Waals surface area (Å²) in [5.74, 6) is -0.0534. The Morgan fingerprint density at radius 1 is 1.21 bits per heavy atom. The lowest BCUT2D eigenvalue weighted by Crippen LogP contribution is -2.43. The molecule has 1 amide bonds. The van der Waals surface area contributed by atoms with Crippen molar-refractivity contribution in [3.63, 3.8) is 0 Å². The topological polar surface area (TPSA) is 66.3 Å². The van der Waals surface area contributed by atoms with Crippen molar-refractivity contribution >= 4 is 27.7 Å². The Bertz CT molecular complexity index is 916. The smallest absolute Gasteiger partial charge is 0.224 e. The van der Waals surface area contributed by atoms with Gasteiger partial charge >= 0.3 is 0 Å². The summed E-state index contributed by atoms with van der Waals surface area (Å²) in [6, 6.07) is 14.3. The molecule has 1 aliphatic rings. The Labute approximate surface area is 140 Å². The minimum atomic E-state index is -0.505. The van der Waals surface area contributed by atoms with Crippen LogP contribution in [0.5, 0.6) is 0 Å². The Morgan fingerprint density at radius 3 is 2.79 bits per heavy atom. The van der Waals surface area contributed by atoms with E-state index < -0.39 is 6.10 Å². The Kier molecular flexibility index (Phi) is 3.75. The molecule has 0 bridgehead atoms. The molecule has 3 N–H and O–H groups in total. The first-order valence-corrected chi connectivity index (χ1v) is 8.27. The number of carbonyl (C=O) groups is 1. The number of aromatic nitrogens is 1. The summed E-state index contributed by atoms with van der Waals surface area (Å²) in [7, 11) is 2.06. The minimum Gasteiger partial charge on any atom is -0.390 e. The summed E-state index contributed by atoms with van der Waals surface area (Å²) in [6.07, 6.45) is -0.183. The van der Waals surface area contributed by atoms with Crippen molar-refractivity contribution in [3.8, 4) is 0 Å². The maximum Gasteiger partial charge on any atom is 0.224 e. The molecular weight excluding hydrogens is 302 g/mol. The van der Waals surface area contributed by atoms with E-state index in [1.165, 1.54) is 16.3 Å². The van der Waals surface area contributed by atoms with Crippen LogP contribution >= 0.6 is 0 Å². The number of aliphatic hydroxyl groups is 1. The van der Waals surface area contributed by atoms with Crippen LogP contribution in [0.2, 0.25) is 0 Å². The van der Waals surface area contributed by atoms with Gasteiger partial charge in [-0.15, -0.1) is 0 Å². The van der Waals surface area contributed by atoms with Gasteiger partial charge in [-0.25, -0.2) is 0 Å². The molecule has 2 heterocycles. The van der Waals surface area contributed by atoms with Crippen LogP contribution in [0, 0.1) is 0 Å². The third-order valence-electron chi connectivity index (χ3n) is 4.87. The number of carbonyl (C=O) groups excluding carboxylic acids is 1. The summed E-state index contributed by atoms with van der Waals surface area (Å²) in [5.41, 5.74) is 3.34. The number of nitrogens with one attached hydrogen (secondary N) is 2. The van der Waals surface area contributed by atoms with Gasteiger partial charge in [0.25, 0.3) is 0 Å². The zero-order valence-electron chi connectivity index (χ0n) is 13.6. The van der Waals surface area contributed by atoms with Crippen molar-refractivity contribution in [3.05, 3.63) is 48.0 Å². The normalized spacial score (nSPS) is 20.8. The van der Waals surface area contributed by atoms with Crippen LogP contribution in [-0.2, 0) is 18.3 Å². The molecule has 0 spiro atoms. The molecular formula is C19H21N3O2. The summed E-state index contributed by atoms with van der Waals surface area (Å²) in [6.45, 7) is 1.15. The van der Waals surface area contributed by atoms with Crippen molar-refractivity contribution in [2.75, 3.05) is 13.1 Å². The predicted molar refractivity (Wildman–Crippen MR) is 94.9 cm³/mol. The maximum atomic E-state index is 12.3. The van der Waals surface area contributed by atoms with Crippen molar-refractivity contribution < 1.29 is 9.90 Å². The van der Waals surface area contributed by atoms with E-state index in [1.54, 1.807) is 0 Å². The SMILES string of the molecule is Cn1c2ccccc2c2cc(CC(=O)NC3CNCC3O)ccc21. The van der Waals surface area contributed by atoms with Gasteiger partial charge in [-0.1, -0.05) is 24.3 Å². The zero-order valence-corrected chi connectivity index (χ0v) is 13.6. The number of benzene rings is 2. The molecule has 1 aliphatic heterocycles. The number of para-hydroxylation sites is 1. The van der Waals surface area contributed by atoms with E-state index in [0.717, 1.165) is 11.1 Å². The average Bonchev–Trinajstić information content (AvgIpc) is 3.10. The van der Waals surface area contributed by atoms with Gasteiger partial charge in [0.15, 0.2) is 0 Å². The van der Waals surface area contributed by atoms with Gasteiger partial charge in [0.2, 0.25) is 5.91 Å². The summed E-state index contributed by atoms with van der Waals surface area (Å²) >= 11 is 0. The molecule has 2 unspecified atom stereocenters. The highest BCUT2D eigenvalue weighted by atomic mass is 16.3. The highest BCUT2D eigenvalue weighted by molar-refractivity contribution is 6.08. The molecule has 2 aromatic carbocycles. The molecule has 1 fully saturated rings. The molecule has 0 saturated carbocycles. The van der Waals surface area contributed by atoms with Crippen LogP contribution in [-0.4, -0.2) is 40.8 Å². The van der Waals surface area contributed by atoms with Gasteiger partial charge in [-0.3, -0.25) is 4.79 Å². The van der Waals surface area contributed by atoms with Crippen LogP contribution in [0.15, 0.2) is 42.5 Å². The van der Waals surface area contributed by atoms with E-state index in [4.69, 9.17) is 0 Å². The van der Waals surface area contributed by atoms with Gasteiger partial charge in [0.05, 0.1) is 18.6 Å². The van der Waals surface area contributed by atoms with Gasteiger partial charge < -0.3 is 20.3 Å². The number of rotatable bonds is 3. The maximum absolute atomic E-state index is 12.3. The molecule has 0 radical (unpaired) electrons. The Balaban J connectivity index is 1.61. The third kappa shape index (κ3) is 2.56. The standard InChI is InChI=1S/C19H21N3O2/c1-22-16-5-3-2-4-13(16)14-8-12(6-7-17(14)22)9-19(24)21-15-10-20-11-18(15)23/h2-8,15,18,20,23H,9-11H2,1H3,(H,21,24). The van der Waals surface area contributed by atoms with Crippen LogP contribution in [0.1, 0.15) is 5.56 Å². The second-order valence-electron chi connectivity index (χ2n) is 6.50. The lowest BCUT2D eigenvalue weighted by Gasteiger charge is -2.15. The molecule has 1 saturated heterocycles. The fourth-order valence-electron chi connectivity index (χ4n) is 3.58. The second-order valence-corrected chi connectivity index (χ2v) is 6.50. The first-order valence-electron chi connectivity index (χ1n) is 8.27. The molecule has 24 heavy (non-hydrogen) atoms. The highest BCUT2D eigenvalue weighted by Crippen LogP contribution is 2.28. The Hall–Kier alpha value is -2.37. The van der Waals surface area contributed by atoms with E-state index in [0.29, 0.717) is 19.5 Å². The van der Waals surface area contributed by atoms with E-state index in [9.17, 15) is 9.90 Å². The van der Waals surface area contributed by atoms with Gasteiger partial charge in [-0.05, 0) is 23.8 Å². The van der Waals surface area contributed by atoms with E-state index in [2.05, 4.69) is 46.5 Å². The van der Waals surface area contributed by atoms with Crippen LogP contribution in [0.25, 0.3) is 21.8 Å². The van der Waals surface area contributed by atoms with Crippen molar-refractivity contribution in [1.29, 1.82) is 0 Å². The van der Waals surface area contributed by atoms with E-state index in [1.807, 2.05) is 18.2 Å². The second kappa shape index (κ2) is 5.92. The zero-order chi connectivity index (χ0) is 16.7. The van der Waals surface area contributed by atoms with Crippen molar-refractivity contribution in [2.24, 2.45) is 7.05 Å². The molecule has 0 aliphatic carbocycles. The number of hydrogen-bond donors (Lipinski definition) is 3. The van der Waals surface area contributed by atoms with Crippen LogP contribution in [0.4, 0.5) is 0 Å². The average molecular weight is 323 g/mol. The lowest BCUT2D eigenvalue weighted by atomic mass is 10.1. The predicted octanol–water partition coefficient (Wildman–Crippen LogP) is 1.32. The molecule has 5 heteroatoms. The molecule has 2 atom stereocenters. The summed E-state index contributed by atoms with van der Waals surface area (Å²) in [4.78, 5) is 12.3.